The van der Waals surface area contributed by atoms with E-state index in [9.17, 15) is 0 Å². The molecule has 0 amide bonds. The van der Waals surface area contributed by atoms with Crippen molar-refractivity contribution in [2.75, 3.05) is 24.5 Å². The number of nitrogens with zero attached hydrogens (tertiary/aromatic N) is 3. The van der Waals surface area contributed by atoms with Gasteiger partial charge in [-0.25, -0.2) is 9.97 Å². The first kappa shape index (κ1) is 13.3. The molecule has 0 aliphatic carbocycles. The summed E-state index contributed by atoms with van der Waals surface area (Å²) in [4.78, 5) is 11.4. The Kier molecular flexibility index (Phi) is 4.17. The Morgan fingerprint density at radius 3 is 2.89 bits per heavy atom. The van der Waals surface area contributed by atoms with Crippen molar-refractivity contribution in [1.29, 1.82) is 0 Å². The first-order valence-electron chi connectivity index (χ1n) is 6.93. The van der Waals surface area contributed by atoms with Gasteiger partial charge in [0.15, 0.2) is 0 Å². The van der Waals surface area contributed by atoms with Crippen molar-refractivity contribution in [2.24, 2.45) is 17.6 Å². The van der Waals surface area contributed by atoms with Crippen LogP contribution in [0.25, 0.3) is 0 Å². The number of anilines is 1. The summed E-state index contributed by atoms with van der Waals surface area (Å²) in [5, 5.41) is 0. The number of nitrogens with two attached hydrogens (primary N) is 1. The third-order valence-electron chi connectivity index (χ3n) is 3.94. The van der Waals surface area contributed by atoms with Crippen LogP contribution < -0.4 is 10.6 Å². The predicted octanol–water partition coefficient (Wildman–Crippen LogP) is 1.77. The Balaban J connectivity index is 2.18. The van der Waals surface area contributed by atoms with Gasteiger partial charge in [0.2, 0.25) is 0 Å². The van der Waals surface area contributed by atoms with E-state index >= 15 is 0 Å². The van der Waals surface area contributed by atoms with Crippen LogP contribution >= 0.6 is 0 Å². The molecular weight excluding hydrogens is 224 g/mol. The average molecular weight is 248 g/mol. The zero-order valence-corrected chi connectivity index (χ0v) is 11.7. The molecule has 0 radical (unpaired) electrons. The lowest BCUT2D eigenvalue weighted by Crippen LogP contribution is -2.43. The second-order valence-electron chi connectivity index (χ2n) is 5.35. The van der Waals surface area contributed by atoms with E-state index in [1.165, 1.54) is 6.42 Å². The maximum Gasteiger partial charge on any atom is 0.132 e. The lowest BCUT2D eigenvalue weighted by atomic mass is 9.87. The first-order chi connectivity index (χ1) is 8.63. The van der Waals surface area contributed by atoms with Crippen LogP contribution in [0.5, 0.6) is 0 Å². The summed E-state index contributed by atoms with van der Waals surface area (Å²) in [7, 11) is 0. The molecule has 0 saturated carbocycles. The highest BCUT2D eigenvalue weighted by molar-refractivity contribution is 5.40. The molecule has 0 bridgehead atoms. The Bertz CT molecular complexity index is 405. The smallest absolute Gasteiger partial charge is 0.132 e. The molecule has 2 atom stereocenters. The highest BCUT2D eigenvalue weighted by atomic mass is 15.2. The van der Waals surface area contributed by atoms with E-state index in [4.69, 9.17) is 5.73 Å². The van der Waals surface area contributed by atoms with Gasteiger partial charge in [-0.15, -0.1) is 0 Å². The number of hydrogen-bond acceptors (Lipinski definition) is 4. The molecule has 0 spiro atoms. The van der Waals surface area contributed by atoms with Gasteiger partial charge in [-0.05, 0) is 31.7 Å². The molecule has 1 aromatic rings. The maximum atomic E-state index is 5.86. The predicted molar refractivity (Wildman–Crippen MR) is 74.7 cm³/mol. The topological polar surface area (TPSA) is 55.0 Å². The van der Waals surface area contributed by atoms with Gasteiger partial charge >= 0.3 is 0 Å². The number of rotatable bonds is 3. The van der Waals surface area contributed by atoms with Gasteiger partial charge in [0, 0.05) is 31.3 Å². The molecule has 2 rings (SSSR count). The van der Waals surface area contributed by atoms with Crippen LogP contribution in [0.15, 0.2) is 6.07 Å². The minimum atomic E-state index is 0.582. The van der Waals surface area contributed by atoms with E-state index in [0.29, 0.717) is 5.92 Å². The summed E-state index contributed by atoms with van der Waals surface area (Å²) in [5.74, 6) is 3.32. The van der Waals surface area contributed by atoms with E-state index < -0.39 is 0 Å². The summed E-state index contributed by atoms with van der Waals surface area (Å²) < 4.78 is 0. The second-order valence-corrected chi connectivity index (χ2v) is 5.35. The van der Waals surface area contributed by atoms with Crippen molar-refractivity contribution >= 4 is 5.82 Å². The normalized spacial score (nSPS) is 24.3. The zero-order chi connectivity index (χ0) is 13.1. The van der Waals surface area contributed by atoms with Crippen molar-refractivity contribution < 1.29 is 0 Å². The zero-order valence-electron chi connectivity index (χ0n) is 11.7. The summed E-state index contributed by atoms with van der Waals surface area (Å²) in [6, 6.07) is 2.09. The highest BCUT2D eigenvalue weighted by Gasteiger charge is 2.26. The van der Waals surface area contributed by atoms with Gasteiger partial charge < -0.3 is 10.6 Å². The van der Waals surface area contributed by atoms with Crippen LogP contribution in [0.3, 0.4) is 0 Å². The Morgan fingerprint density at radius 2 is 2.22 bits per heavy atom. The summed E-state index contributed by atoms with van der Waals surface area (Å²) in [6.45, 7) is 9.31. The molecule has 1 fully saturated rings. The quantitative estimate of drug-likeness (QED) is 0.885. The SMILES string of the molecule is CCc1nc(C)cc(N2CCC(C)C(CN)C2)n1. The van der Waals surface area contributed by atoms with E-state index in [2.05, 4.69) is 34.8 Å². The van der Waals surface area contributed by atoms with Crippen LogP contribution in [0, 0.1) is 18.8 Å². The van der Waals surface area contributed by atoms with E-state index in [-0.39, 0.29) is 0 Å². The van der Waals surface area contributed by atoms with Gasteiger partial charge in [0.05, 0.1) is 0 Å². The molecule has 1 aliphatic heterocycles. The van der Waals surface area contributed by atoms with Crippen molar-refractivity contribution in [3.05, 3.63) is 17.6 Å². The lowest BCUT2D eigenvalue weighted by Gasteiger charge is -2.37. The molecule has 2 N–H and O–H groups in total. The Morgan fingerprint density at radius 1 is 1.44 bits per heavy atom. The number of piperidine rings is 1. The Hall–Kier alpha value is -1.16. The van der Waals surface area contributed by atoms with Crippen LogP contribution in [0.4, 0.5) is 5.82 Å². The van der Waals surface area contributed by atoms with Crippen molar-refractivity contribution in [3.8, 4) is 0 Å². The molecule has 2 heterocycles. The molecule has 1 aromatic heterocycles. The molecule has 4 heteroatoms. The average Bonchev–Trinajstić information content (AvgIpc) is 2.38. The Labute approximate surface area is 110 Å². The fourth-order valence-corrected chi connectivity index (χ4v) is 2.60. The van der Waals surface area contributed by atoms with E-state index in [0.717, 1.165) is 49.3 Å². The molecule has 4 nitrogen and oxygen atoms in total. The fraction of sp³-hybridized carbons (Fsp3) is 0.714. The molecule has 0 aromatic carbocycles. The summed E-state index contributed by atoms with van der Waals surface area (Å²) in [6.07, 6.45) is 2.09. The molecule has 100 valence electrons. The third kappa shape index (κ3) is 2.80. The molecule has 1 aliphatic rings. The van der Waals surface area contributed by atoms with Gasteiger partial charge in [0.1, 0.15) is 11.6 Å². The van der Waals surface area contributed by atoms with Crippen LogP contribution in [0.2, 0.25) is 0 Å². The highest BCUT2D eigenvalue weighted by Crippen LogP contribution is 2.26. The van der Waals surface area contributed by atoms with Gasteiger partial charge in [-0.2, -0.15) is 0 Å². The summed E-state index contributed by atoms with van der Waals surface area (Å²) in [5.41, 5.74) is 6.92. The van der Waals surface area contributed by atoms with E-state index in [1.54, 1.807) is 0 Å². The number of aromatic nitrogens is 2. The first-order valence-corrected chi connectivity index (χ1v) is 6.93. The minimum absolute atomic E-state index is 0.582. The number of hydrogen-bond donors (Lipinski definition) is 1. The van der Waals surface area contributed by atoms with Crippen LogP contribution in [0.1, 0.15) is 31.8 Å². The second kappa shape index (κ2) is 5.65. The molecular formula is C14H24N4. The standard InChI is InChI=1S/C14H24N4/c1-4-13-16-11(3)7-14(17-13)18-6-5-10(2)12(8-15)9-18/h7,10,12H,4-6,8-9,15H2,1-3H3. The van der Waals surface area contributed by atoms with Gasteiger partial charge in [-0.1, -0.05) is 13.8 Å². The van der Waals surface area contributed by atoms with Crippen LogP contribution in [-0.2, 0) is 6.42 Å². The van der Waals surface area contributed by atoms with E-state index in [1.807, 2.05) is 6.92 Å². The molecule has 1 saturated heterocycles. The van der Waals surface area contributed by atoms with Crippen molar-refractivity contribution in [3.63, 3.8) is 0 Å². The fourth-order valence-electron chi connectivity index (χ4n) is 2.60. The largest absolute Gasteiger partial charge is 0.356 e. The number of aryl methyl sites for hydroxylation is 2. The maximum absolute atomic E-state index is 5.86. The van der Waals surface area contributed by atoms with Gasteiger partial charge in [-0.3, -0.25) is 0 Å². The molecule has 2 unspecified atom stereocenters. The third-order valence-corrected chi connectivity index (χ3v) is 3.94. The van der Waals surface area contributed by atoms with Gasteiger partial charge in [0.25, 0.3) is 0 Å². The van der Waals surface area contributed by atoms with Crippen LogP contribution in [-0.4, -0.2) is 29.6 Å². The molecule has 18 heavy (non-hydrogen) atoms. The lowest BCUT2D eigenvalue weighted by molar-refractivity contribution is 0.306. The van der Waals surface area contributed by atoms with Crippen molar-refractivity contribution in [2.45, 2.75) is 33.6 Å². The summed E-state index contributed by atoms with van der Waals surface area (Å²) >= 11 is 0. The monoisotopic (exact) mass is 248 g/mol. The van der Waals surface area contributed by atoms with Crippen molar-refractivity contribution in [1.82, 2.24) is 9.97 Å². The minimum Gasteiger partial charge on any atom is -0.356 e.